The number of nitrogens with one attached hydrogen (secondary N) is 1. The van der Waals surface area contributed by atoms with E-state index >= 15 is 0 Å². The third-order valence-electron chi connectivity index (χ3n) is 3.90. The number of carbonyl (C=O) groups excluding carboxylic acids is 1. The van der Waals surface area contributed by atoms with Crippen LogP contribution in [-0.2, 0) is 17.5 Å². The van der Waals surface area contributed by atoms with Gasteiger partial charge in [0, 0.05) is 12.1 Å². The Morgan fingerprint density at radius 1 is 1.27 bits per heavy atom. The van der Waals surface area contributed by atoms with Crippen molar-refractivity contribution in [2.24, 2.45) is 0 Å². The number of nitriles is 1. The lowest BCUT2D eigenvalue weighted by molar-refractivity contribution is -0.137. The predicted octanol–water partition coefficient (Wildman–Crippen LogP) is 3.86. The van der Waals surface area contributed by atoms with Crippen molar-refractivity contribution in [2.45, 2.75) is 26.6 Å². The molecule has 1 aromatic heterocycles. The highest BCUT2D eigenvalue weighted by atomic mass is 19.4. The Labute approximate surface area is 149 Å². The predicted molar refractivity (Wildman–Crippen MR) is 89.3 cm³/mol. The molecule has 0 unspecified atom stereocenters. The van der Waals surface area contributed by atoms with Gasteiger partial charge in [0.25, 0.3) is 0 Å². The molecule has 5 nitrogen and oxygen atoms in total. The lowest BCUT2D eigenvalue weighted by Gasteiger charge is -2.16. The SMILES string of the molecule is Cc1oc(NC(=O)CN(C)Cc2ccc(C(F)(F)F)cc2)c(C#N)c1C. The largest absolute Gasteiger partial charge is 0.444 e. The van der Waals surface area contributed by atoms with Gasteiger partial charge in [0.15, 0.2) is 0 Å². The van der Waals surface area contributed by atoms with Gasteiger partial charge < -0.3 is 4.42 Å². The van der Waals surface area contributed by atoms with Gasteiger partial charge in [-0.15, -0.1) is 0 Å². The molecule has 1 aromatic carbocycles. The number of carbonyl (C=O) groups is 1. The van der Waals surface area contributed by atoms with Crippen molar-refractivity contribution in [2.75, 3.05) is 18.9 Å². The monoisotopic (exact) mass is 365 g/mol. The first-order valence-corrected chi connectivity index (χ1v) is 7.76. The fourth-order valence-electron chi connectivity index (χ4n) is 2.43. The van der Waals surface area contributed by atoms with E-state index in [4.69, 9.17) is 9.68 Å². The molecule has 0 saturated heterocycles. The maximum absolute atomic E-state index is 12.6. The summed E-state index contributed by atoms with van der Waals surface area (Å²) in [6.45, 7) is 3.71. The van der Waals surface area contributed by atoms with Crippen molar-refractivity contribution in [1.82, 2.24) is 4.90 Å². The van der Waals surface area contributed by atoms with E-state index in [-0.39, 0.29) is 23.9 Å². The molecule has 0 aliphatic carbocycles. The zero-order chi connectivity index (χ0) is 19.5. The third kappa shape index (κ3) is 4.64. The molecule has 0 atom stereocenters. The van der Waals surface area contributed by atoms with E-state index in [2.05, 4.69) is 5.32 Å². The zero-order valence-corrected chi connectivity index (χ0v) is 14.6. The molecule has 0 aliphatic rings. The Hall–Kier alpha value is -2.79. The number of benzene rings is 1. The van der Waals surface area contributed by atoms with Crippen LogP contribution in [0.5, 0.6) is 0 Å². The number of nitrogens with zero attached hydrogens (tertiary/aromatic N) is 2. The molecular formula is C18H18F3N3O2. The van der Waals surface area contributed by atoms with E-state index in [0.29, 0.717) is 23.4 Å². The van der Waals surface area contributed by atoms with Gasteiger partial charge in [-0.1, -0.05) is 12.1 Å². The molecule has 1 N–H and O–H groups in total. The Kier molecular flexibility index (Phi) is 5.73. The topological polar surface area (TPSA) is 69.3 Å². The average Bonchev–Trinajstić information content (AvgIpc) is 2.80. The summed E-state index contributed by atoms with van der Waals surface area (Å²) in [5.74, 6) is 0.273. The molecule has 0 fully saturated rings. The Morgan fingerprint density at radius 2 is 1.88 bits per heavy atom. The summed E-state index contributed by atoms with van der Waals surface area (Å²) in [5, 5.41) is 11.7. The summed E-state index contributed by atoms with van der Waals surface area (Å²) in [4.78, 5) is 13.8. The van der Waals surface area contributed by atoms with Crippen LogP contribution in [0.25, 0.3) is 0 Å². The molecule has 26 heavy (non-hydrogen) atoms. The molecule has 2 aromatic rings. The maximum Gasteiger partial charge on any atom is 0.416 e. The first-order chi connectivity index (χ1) is 12.1. The van der Waals surface area contributed by atoms with Crippen LogP contribution in [0.3, 0.4) is 0 Å². The van der Waals surface area contributed by atoms with Crippen molar-refractivity contribution >= 4 is 11.8 Å². The molecule has 0 saturated carbocycles. The smallest absolute Gasteiger partial charge is 0.416 e. The van der Waals surface area contributed by atoms with Crippen LogP contribution in [-0.4, -0.2) is 24.4 Å². The van der Waals surface area contributed by atoms with Crippen LogP contribution in [0.1, 0.15) is 28.0 Å². The van der Waals surface area contributed by atoms with E-state index in [0.717, 1.165) is 12.1 Å². The number of amides is 1. The van der Waals surface area contributed by atoms with Gasteiger partial charge in [-0.2, -0.15) is 18.4 Å². The van der Waals surface area contributed by atoms with Crippen LogP contribution >= 0.6 is 0 Å². The molecule has 0 aliphatic heterocycles. The van der Waals surface area contributed by atoms with Gasteiger partial charge in [0.05, 0.1) is 12.1 Å². The highest BCUT2D eigenvalue weighted by Gasteiger charge is 2.29. The highest BCUT2D eigenvalue weighted by Crippen LogP contribution is 2.29. The molecular weight excluding hydrogens is 347 g/mol. The summed E-state index contributed by atoms with van der Waals surface area (Å²) in [6, 6.07) is 6.77. The molecule has 0 spiro atoms. The summed E-state index contributed by atoms with van der Waals surface area (Å²) in [5.41, 5.74) is 0.882. The van der Waals surface area contributed by atoms with Crippen molar-refractivity contribution < 1.29 is 22.4 Å². The number of anilines is 1. The van der Waals surface area contributed by atoms with Crippen LogP contribution in [0.2, 0.25) is 0 Å². The maximum atomic E-state index is 12.6. The number of rotatable bonds is 5. The highest BCUT2D eigenvalue weighted by molar-refractivity contribution is 5.92. The molecule has 0 radical (unpaired) electrons. The molecule has 138 valence electrons. The third-order valence-corrected chi connectivity index (χ3v) is 3.90. The van der Waals surface area contributed by atoms with E-state index < -0.39 is 11.7 Å². The summed E-state index contributed by atoms with van der Waals surface area (Å²) in [6.07, 6.45) is -4.37. The minimum absolute atomic E-state index is 0.00924. The van der Waals surface area contributed by atoms with Gasteiger partial charge in [0.2, 0.25) is 11.8 Å². The summed E-state index contributed by atoms with van der Waals surface area (Å²) >= 11 is 0. The number of alkyl halides is 3. The zero-order valence-electron chi connectivity index (χ0n) is 14.6. The standard InChI is InChI=1S/C18H18F3N3O2/c1-11-12(2)26-17(15(11)8-22)23-16(25)10-24(3)9-13-4-6-14(7-5-13)18(19,20)21/h4-7H,9-10H2,1-3H3,(H,23,25). The van der Waals surface area contributed by atoms with E-state index in [9.17, 15) is 18.0 Å². The quantitative estimate of drug-likeness (QED) is 0.874. The van der Waals surface area contributed by atoms with Crippen LogP contribution in [0.4, 0.5) is 19.1 Å². The van der Waals surface area contributed by atoms with Gasteiger partial charge in [0.1, 0.15) is 17.4 Å². The lowest BCUT2D eigenvalue weighted by Crippen LogP contribution is -2.30. The van der Waals surface area contributed by atoms with Gasteiger partial charge >= 0.3 is 6.18 Å². The van der Waals surface area contributed by atoms with Gasteiger partial charge in [-0.05, 0) is 38.6 Å². The van der Waals surface area contributed by atoms with E-state index in [1.54, 1.807) is 25.8 Å². The molecule has 1 amide bonds. The summed E-state index contributed by atoms with van der Waals surface area (Å²) in [7, 11) is 1.67. The van der Waals surface area contributed by atoms with E-state index in [1.165, 1.54) is 12.1 Å². The van der Waals surface area contributed by atoms with Gasteiger partial charge in [-0.3, -0.25) is 15.0 Å². The van der Waals surface area contributed by atoms with Crippen LogP contribution in [0, 0.1) is 25.2 Å². The second-order valence-corrected chi connectivity index (χ2v) is 6.01. The number of furan rings is 1. The fourth-order valence-corrected chi connectivity index (χ4v) is 2.43. The van der Waals surface area contributed by atoms with Crippen molar-refractivity contribution in [3.63, 3.8) is 0 Å². The fraction of sp³-hybridized carbons (Fsp3) is 0.333. The van der Waals surface area contributed by atoms with Crippen LogP contribution < -0.4 is 5.32 Å². The Morgan fingerprint density at radius 3 is 2.42 bits per heavy atom. The molecule has 0 bridgehead atoms. The lowest BCUT2D eigenvalue weighted by atomic mass is 10.1. The average molecular weight is 365 g/mol. The number of hydrogen-bond donors (Lipinski definition) is 1. The minimum Gasteiger partial charge on any atom is -0.444 e. The number of halogens is 3. The molecule has 2 rings (SSSR count). The number of aryl methyl sites for hydroxylation is 1. The van der Waals surface area contributed by atoms with Gasteiger partial charge in [-0.25, -0.2) is 0 Å². The first-order valence-electron chi connectivity index (χ1n) is 7.76. The second-order valence-electron chi connectivity index (χ2n) is 6.01. The second kappa shape index (κ2) is 7.62. The van der Waals surface area contributed by atoms with Crippen molar-refractivity contribution in [3.05, 3.63) is 52.3 Å². The van der Waals surface area contributed by atoms with Crippen molar-refractivity contribution in [3.8, 4) is 6.07 Å². The van der Waals surface area contributed by atoms with Crippen LogP contribution in [0.15, 0.2) is 28.7 Å². The van der Waals surface area contributed by atoms with Crippen molar-refractivity contribution in [1.29, 1.82) is 5.26 Å². The minimum atomic E-state index is -4.37. The first kappa shape index (κ1) is 19.5. The normalized spacial score (nSPS) is 11.5. The Balaban J connectivity index is 1.95. The van der Waals surface area contributed by atoms with E-state index in [1.807, 2.05) is 6.07 Å². The Bertz CT molecular complexity index is 833. The number of hydrogen-bond acceptors (Lipinski definition) is 4. The number of likely N-dealkylation sites (N-methyl/N-ethyl adjacent to an activating group) is 1. The molecule has 1 heterocycles. The summed E-state index contributed by atoms with van der Waals surface area (Å²) < 4.78 is 43.0. The molecule has 8 heteroatoms.